The predicted octanol–water partition coefficient (Wildman–Crippen LogP) is 4.36. The topological polar surface area (TPSA) is 40.2 Å². The summed E-state index contributed by atoms with van der Waals surface area (Å²) in [6, 6.07) is 6.07. The van der Waals surface area contributed by atoms with Crippen LogP contribution in [-0.4, -0.2) is 23.1 Å². The number of alkyl halides is 3. The third kappa shape index (κ3) is 3.31. The molecule has 1 aliphatic rings. The molecule has 0 fully saturated rings. The maximum Gasteiger partial charge on any atom is 0.416 e. The zero-order valence-corrected chi connectivity index (χ0v) is 13.5. The molecule has 1 aromatic carbocycles. The number of hydrogen-bond donors (Lipinski definition) is 2. The molecular weight excluding hydrogens is 317 g/mol. The Morgan fingerprint density at radius 1 is 1.29 bits per heavy atom. The lowest BCUT2D eigenvalue weighted by Crippen LogP contribution is -2.34. The number of hydrogen-bond acceptors (Lipinski definition) is 4. The Hall–Kier alpha value is -2.28. The van der Waals surface area contributed by atoms with Crippen LogP contribution >= 0.6 is 0 Å². The monoisotopic (exact) mass is 336 g/mol. The molecule has 24 heavy (non-hydrogen) atoms. The van der Waals surface area contributed by atoms with E-state index < -0.39 is 11.7 Å². The van der Waals surface area contributed by atoms with Gasteiger partial charge in [0.05, 0.1) is 12.2 Å². The number of nitrogens with zero attached hydrogens (tertiary/aromatic N) is 2. The largest absolute Gasteiger partial charge is 0.416 e. The van der Waals surface area contributed by atoms with Crippen molar-refractivity contribution in [3.8, 4) is 0 Å². The van der Waals surface area contributed by atoms with Gasteiger partial charge in [0.25, 0.3) is 0 Å². The molecule has 1 aliphatic heterocycles. The lowest BCUT2D eigenvalue weighted by Gasteiger charge is -2.29. The number of halogens is 3. The van der Waals surface area contributed by atoms with Crippen LogP contribution in [0.2, 0.25) is 0 Å². The van der Waals surface area contributed by atoms with Crippen LogP contribution < -0.4 is 10.6 Å². The number of fused-ring (bicyclic) bond motifs is 1. The molecule has 0 unspecified atom stereocenters. The molecule has 7 heteroatoms. The van der Waals surface area contributed by atoms with Gasteiger partial charge in [0.15, 0.2) is 0 Å². The molecule has 0 saturated carbocycles. The van der Waals surface area contributed by atoms with Crippen LogP contribution in [-0.2, 0) is 12.7 Å². The summed E-state index contributed by atoms with van der Waals surface area (Å²) in [7, 11) is 0. The molecule has 0 saturated heterocycles. The molecule has 3 rings (SSSR count). The lowest BCUT2D eigenvalue weighted by atomic mass is 10.1. The van der Waals surface area contributed by atoms with Gasteiger partial charge in [-0.2, -0.15) is 13.2 Å². The lowest BCUT2D eigenvalue weighted by molar-refractivity contribution is -0.138. The van der Waals surface area contributed by atoms with E-state index in [9.17, 15) is 13.2 Å². The Morgan fingerprint density at radius 2 is 2.08 bits per heavy atom. The smallest absolute Gasteiger partial charge is 0.357 e. The van der Waals surface area contributed by atoms with Gasteiger partial charge in [0.1, 0.15) is 5.82 Å². The van der Waals surface area contributed by atoms with E-state index in [1.807, 2.05) is 0 Å². The van der Waals surface area contributed by atoms with Crippen molar-refractivity contribution in [1.29, 1.82) is 0 Å². The molecule has 4 nitrogen and oxygen atoms in total. The van der Waals surface area contributed by atoms with E-state index in [1.54, 1.807) is 18.3 Å². The predicted molar refractivity (Wildman–Crippen MR) is 88.3 cm³/mol. The van der Waals surface area contributed by atoms with Crippen LogP contribution in [0, 0.1) is 6.92 Å². The van der Waals surface area contributed by atoms with Crippen molar-refractivity contribution < 1.29 is 13.2 Å². The van der Waals surface area contributed by atoms with Crippen molar-refractivity contribution in [3.63, 3.8) is 0 Å². The second-order valence-electron chi connectivity index (χ2n) is 5.82. The number of nitrogens with one attached hydrogen (secondary N) is 2. The molecule has 0 radical (unpaired) electrons. The van der Waals surface area contributed by atoms with Crippen molar-refractivity contribution in [2.24, 2.45) is 0 Å². The average molecular weight is 336 g/mol. The summed E-state index contributed by atoms with van der Waals surface area (Å²) in [5.74, 6) is 0.771. The van der Waals surface area contributed by atoms with Crippen molar-refractivity contribution >= 4 is 17.2 Å². The molecule has 2 heterocycles. The second kappa shape index (κ2) is 6.32. The maximum atomic E-state index is 13.1. The van der Waals surface area contributed by atoms with E-state index in [0.29, 0.717) is 18.9 Å². The molecule has 0 amide bonds. The number of pyridine rings is 1. The van der Waals surface area contributed by atoms with Gasteiger partial charge in [-0.3, -0.25) is 4.90 Å². The first-order valence-electron chi connectivity index (χ1n) is 7.77. The van der Waals surface area contributed by atoms with Crippen LogP contribution in [0.3, 0.4) is 0 Å². The molecule has 0 atom stereocenters. The number of benzene rings is 1. The van der Waals surface area contributed by atoms with Crippen molar-refractivity contribution in [2.45, 2.75) is 26.6 Å². The minimum atomic E-state index is -4.36. The fraction of sp³-hybridized carbons (Fsp3) is 0.353. The van der Waals surface area contributed by atoms with Gasteiger partial charge < -0.3 is 10.6 Å². The fourth-order valence-corrected chi connectivity index (χ4v) is 2.77. The van der Waals surface area contributed by atoms with Crippen LogP contribution in [0.5, 0.6) is 0 Å². The minimum Gasteiger partial charge on any atom is -0.357 e. The van der Waals surface area contributed by atoms with E-state index >= 15 is 0 Å². The quantitative estimate of drug-likeness (QED) is 0.874. The van der Waals surface area contributed by atoms with E-state index in [1.165, 1.54) is 13.0 Å². The van der Waals surface area contributed by atoms with E-state index in [-0.39, 0.29) is 5.56 Å². The third-order valence-electron chi connectivity index (χ3n) is 4.18. The third-order valence-corrected chi connectivity index (χ3v) is 4.18. The highest BCUT2D eigenvalue weighted by Crippen LogP contribution is 2.35. The number of rotatable bonds is 3. The van der Waals surface area contributed by atoms with E-state index in [4.69, 9.17) is 0 Å². The highest BCUT2D eigenvalue weighted by Gasteiger charge is 2.32. The molecule has 2 aromatic rings. The Morgan fingerprint density at radius 3 is 2.79 bits per heavy atom. The molecular formula is C17H19F3N4. The Bertz CT molecular complexity index is 743. The summed E-state index contributed by atoms with van der Waals surface area (Å²) < 4.78 is 39.3. The van der Waals surface area contributed by atoms with Gasteiger partial charge >= 0.3 is 6.18 Å². The van der Waals surface area contributed by atoms with Crippen LogP contribution in [0.4, 0.5) is 30.4 Å². The summed E-state index contributed by atoms with van der Waals surface area (Å²) in [6.07, 6.45) is -2.71. The van der Waals surface area contributed by atoms with Gasteiger partial charge in [0, 0.05) is 29.7 Å². The van der Waals surface area contributed by atoms with Gasteiger partial charge in [-0.1, -0.05) is 13.0 Å². The first kappa shape index (κ1) is 16.6. The normalized spacial score (nSPS) is 14.9. The molecule has 0 spiro atoms. The fourth-order valence-electron chi connectivity index (χ4n) is 2.77. The van der Waals surface area contributed by atoms with Crippen molar-refractivity contribution in [2.75, 3.05) is 23.8 Å². The number of aromatic nitrogens is 1. The first-order valence-corrected chi connectivity index (χ1v) is 7.77. The molecule has 1 aromatic heterocycles. The summed E-state index contributed by atoms with van der Waals surface area (Å²) in [5, 5.41) is 6.34. The number of aryl methyl sites for hydroxylation is 1. The molecule has 0 bridgehead atoms. The van der Waals surface area contributed by atoms with Crippen LogP contribution in [0.25, 0.3) is 0 Å². The van der Waals surface area contributed by atoms with Gasteiger partial charge in [-0.25, -0.2) is 4.98 Å². The second-order valence-corrected chi connectivity index (χ2v) is 5.82. The standard InChI is InChI=1S/C17H19F3N4/c1-3-24-9-13-15(6-7-21-16(13)22-10-24)23-12-5-4-11(2)14(8-12)17(18,19)20/h4-8H,3,9-10H2,1-2H3,(H2,21,22,23). The van der Waals surface area contributed by atoms with Gasteiger partial charge in [0.2, 0.25) is 0 Å². The Balaban J connectivity index is 1.93. The van der Waals surface area contributed by atoms with Gasteiger partial charge in [-0.15, -0.1) is 0 Å². The zero-order valence-electron chi connectivity index (χ0n) is 13.5. The molecule has 0 aliphatic carbocycles. The minimum absolute atomic E-state index is 0.212. The van der Waals surface area contributed by atoms with Crippen LogP contribution in [0.1, 0.15) is 23.6 Å². The SMILES string of the molecule is CCN1CNc2nccc(Nc3ccc(C)c(C(F)(F)F)c3)c2C1. The summed E-state index contributed by atoms with van der Waals surface area (Å²) >= 11 is 0. The van der Waals surface area contributed by atoms with Gasteiger partial charge in [-0.05, 0) is 37.2 Å². The molecule has 128 valence electrons. The van der Waals surface area contributed by atoms with E-state index in [0.717, 1.165) is 29.7 Å². The van der Waals surface area contributed by atoms with Crippen LogP contribution in [0.15, 0.2) is 30.5 Å². The summed E-state index contributed by atoms with van der Waals surface area (Å²) in [4.78, 5) is 6.49. The van der Waals surface area contributed by atoms with Crippen molar-refractivity contribution in [1.82, 2.24) is 9.88 Å². The van der Waals surface area contributed by atoms with Crippen molar-refractivity contribution in [3.05, 3.63) is 47.2 Å². The first-order chi connectivity index (χ1) is 11.4. The average Bonchev–Trinajstić information content (AvgIpc) is 2.55. The summed E-state index contributed by atoms with van der Waals surface area (Å²) in [5.41, 5.74) is 1.73. The Kier molecular flexibility index (Phi) is 4.36. The Labute approximate surface area is 138 Å². The highest BCUT2D eigenvalue weighted by molar-refractivity contribution is 5.69. The number of anilines is 3. The maximum absolute atomic E-state index is 13.1. The zero-order chi connectivity index (χ0) is 17.3. The highest BCUT2D eigenvalue weighted by atomic mass is 19.4. The summed E-state index contributed by atoms with van der Waals surface area (Å²) in [6.45, 7) is 5.81. The van der Waals surface area contributed by atoms with E-state index in [2.05, 4.69) is 27.4 Å². The molecule has 2 N–H and O–H groups in total.